The number of unbranched alkanes of at least 4 members (excludes halogenated alkanes) is 12. The normalized spacial score (nSPS) is 11.3. The van der Waals surface area contributed by atoms with Crippen molar-refractivity contribution in [1.82, 2.24) is 29.9 Å². The van der Waals surface area contributed by atoms with Crippen LogP contribution in [0.2, 0.25) is 0 Å². The van der Waals surface area contributed by atoms with E-state index in [1.54, 1.807) is 0 Å². The SMILES string of the molecule is O=C(C=C(O)CCCCCCCCCc1ccnc(-c2[c-]cccc2)c1)CCCCCCCCCc1ccnc(-c2[c-]cccc2)c1.O=C(C=C(O)CCCOCCOCCc1ccnc(-c2[c-]cccc2)c1)CCCOCCOCCc1ccnc(-c2[c-]cccc2)c1.O=C(C=C(O)CCCc1ccc(CCc2ccnc(-c3[c-]cccc3)c2)cc1)CCCc1ccc(CCc2ccnc(-c3[c-]cccc3)c2)cc1.[Ir].[Ir].[Ir]. The van der Waals surface area contributed by atoms with Gasteiger partial charge in [0, 0.05) is 167 Å². The first kappa shape index (κ1) is 120. The largest absolute Gasteiger partial charge is 0.512 e. The summed E-state index contributed by atoms with van der Waals surface area (Å²) in [5.74, 6) is 0.455. The average molecular weight is 2510 g/mol. The number of rotatable bonds is 63. The molecule has 0 aliphatic heterocycles. The Kier molecular flexibility index (Phi) is 58.6. The van der Waals surface area contributed by atoms with E-state index in [0.29, 0.717) is 104 Å². The number of aliphatic hydroxyl groups excluding tert-OH is 3. The number of ketones is 3. The van der Waals surface area contributed by atoms with Gasteiger partial charge in [0.1, 0.15) is 0 Å². The van der Waals surface area contributed by atoms with Gasteiger partial charge in [-0.25, -0.2) is 0 Å². The summed E-state index contributed by atoms with van der Waals surface area (Å²) in [7, 11) is 0. The van der Waals surface area contributed by atoms with Crippen LogP contribution in [-0.4, -0.2) is 115 Å². The molecule has 0 fully saturated rings. The number of allylic oxidation sites excluding steroid dienone is 6. The summed E-state index contributed by atoms with van der Waals surface area (Å²) < 4.78 is 22.6. The Labute approximate surface area is 919 Å². The Balaban J connectivity index is 0.000000245. The zero-order chi connectivity index (χ0) is 101. The molecule has 16 nitrogen and oxygen atoms in total. The second kappa shape index (κ2) is 72.4. The quantitative estimate of drug-likeness (QED) is 0.0139. The fraction of sp³-hybridized carbons (Fsp3) is 0.326. The van der Waals surface area contributed by atoms with E-state index in [9.17, 15) is 29.7 Å². The van der Waals surface area contributed by atoms with E-state index < -0.39 is 0 Å². The van der Waals surface area contributed by atoms with Gasteiger partial charge < -0.3 is 64.2 Å². The molecule has 14 rings (SSSR count). The smallest absolute Gasteiger partial charge is 0.159 e. The maximum Gasteiger partial charge on any atom is 0.159 e. The molecule has 0 aliphatic carbocycles. The zero-order valence-electron chi connectivity index (χ0n) is 85.2. The first-order chi connectivity index (χ1) is 71.4. The third-order valence-corrected chi connectivity index (χ3v) is 25.1. The van der Waals surface area contributed by atoms with Crippen LogP contribution in [0.15, 0.2) is 340 Å². The van der Waals surface area contributed by atoms with E-state index in [0.717, 1.165) is 181 Å². The van der Waals surface area contributed by atoms with Gasteiger partial charge in [0.2, 0.25) is 0 Å². The number of carbonyl (C=O) groups is 3. The number of hydrogen-bond donors (Lipinski definition) is 3. The van der Waals surface area contributed by atoms with Gasteiger partial charge >= 0.3 is 0 Å². The van der Waals surface area contributed by atoms with Gasteiger partial charge in [-0.2, -0.15) is 0 Å². The van der Waals surface area contributed by atoms with Crippen LogP contribution >= 0.6 is 0 Å². The van der Waals surface area contributed by atoms with Crippen molar-refractivity contribution in [2.75, 3.05) is 52.9 Å². The third-order valence-electron chi connectivity index (χ3n) is 25.1. The van der Waals surface area contributed by atoms with E-state index in [2.05, 4.69) is 188 Å². The molecule has 148 heavy (non-hydrogen) atoms. The number of benzene rings is 8. The molecule has 0 unspecified atom stereocenters. The van der Waals surface area contributed by atoms with E-state index in [-0.39, 0.29) is 94.9 Å². The topological polar surface area (TPSA) is 226 Å². The molecule has 0 atom stereocenters. The Hall–Kier alpha value is -11.9. The van der Waals surface area contributed by atoms with Crippen LogP contribution in [0.3, 0.4) is 0 Å². The molecule has 6 aromatic heterocycles. The van der Waals surface area contributed by atoms with E-state index in [1.807, 2.05) is 183 Å². The van der Waals surface area contributed by atoms with Gasteiger partial charge in [0.25, 0.3) is 0 Å². The molecule has 0 saturated carbocycles. The van der Waals surface area contributed by atoms with Crippen LogP contribution in [0.4, 0.5) is 0 Å². The van der Waals surface area contributed by atoms with E-state index >= 15 is 0 Å². The summed E-state index contributed by atoms with van der Waals surface area (Å²) in [6, 6.07) is 109. The molecule has 0 saturated heterocycles. The number of hydrogen-bond acceptors (Lipinski definition) is 16. The van der Waals surface area contributed by atoms with Crippen LogP contribution in [0.1, 0.15) is 210 Å². The van der Waals surface area contributed by atoms with Crippen LogP contribution in [0, 0.1) is 36.4 Å². The van der Waals surface area contributed by atoms with Crippen LogP contribution in [0.25, 0.3) is 67.5 Å². The number of aliphatic hydroxyl groups is 3. The molecule has 3 N–H and O–H groups in total. The summed E-state index contributed by atoms with van der Waals surface area (Å²) >= 11 is 0. The maximum atomic E-state index is 12.5. The van der Waals surface area contributed by atoms with Crippen molar-refractivity contribution in [3.8, 4) is 67.5 Å². The maximum absolute atomic E-state index is 12.5. The second-order valence-corrected chi connectivity index (χ2v) is 36.7. The molecule has 14 aromatic rings. The summed E-state index contributed by atoms with van der Waals surface area (Å²) in [6.45, 7) is 4.09. The van der Waals surface area contributed by atoms with Crippen molar-refractivity contribution in [2.24, 2.45) is 0 Å². The van der Waals surface area contributed by atoms with Crippen molar-refractivity contribution in [2.45, 2.75) is 218 Å². The molecule has 0 amide bonds. The molecular formula is C129H140Ir3N6O10-6. The summed E-state index contributed by atoms with van der Waals surface area (Å²) in [5, 5.41) is 30.7. The van der Waals surface area contributed by atoms with Gasteiger partial charge in [0.15, 0.2) is 17.3 Å². The molecular weight excluding hydrogens is 2370 g/mol. The molecule has 8 aromatic carbocycles. The van der Waals surface area contributed by atoms with Gasteiger partial charge in [-0.05, 0) is 208 Å². The molecule has 779 valence electrons. The van der Waals surface area contributed by atoms with E-state index in [4.69, 9.17) is 18.9 Å². The number of aryl methyl sites for hydroxylation is 8. The fourth-order valence-electron chi connectivity index (χ4n) is 17.0. The molecule has 0 bridgehead atoms. The number of pyridine rings is 6. The molecule has 6 heterocycles. The minimum absolute atomic E-state index is 0. The minimum atomic E-state index is -0.107. The Bertz CT molecular complexity index is 5920. The monoisotopic (exact) mass is 2510 g/mol. The van der Waals surface area contributed by atoms with Crippen molar-refractivity contribution in [3.05, 3.63) is 432 Å². The first-order valence-electron chi connectivity index (χ1n) is 52.2. The Morgan fingerprint density at radius 2 is 0.419 bits per heavy atom. The summed E-state index contributed by atoms with van der Waals surface area (Å²) in [6.07, 6.45) is 46.4. The Morgan fingerprint density at radius 1 is 0.209 bits per heavy atom. The molecule has 3 radical (unpaired) electrons. The first-order valence-corrected chi connectivity index (χ1v) is 52.2. The van der Waals surface area contributed by atoms with Crippen molar-refractivity contribution < 1.29 is 109 Å². The number of carbonyl (C=O) groups excluding carboxylic acids is 3. The summed E-state index contributed by atoms with van der Waals surface area (Å²) in [5.41, 5.74) is 24.3. The van der Waals surface area contributed by atoms with Crippen molar-refractivity contribution >= 4 is 17.3 Å². The Morgan fingerprint density at radius 3 is 0.716 bits per heavy atom. The minimum Gasteiger partial charge on any atom is -0.512 e. The standard InChI is InChI=1S/C47H44N2O2.C43H52N2O2.C39H44N2O6.3Ir/c50-44(15-7-9-36-17-21-38(22-18-36)25-27-40-29-31-48-46(33-40)42-11-3-1-4-12-42)35-45(51)16-8-10-37-19-23-39(24-20-37)26-28-41-30-32-49-47(34-41)43-13-5-2-6-14-43;46-40(27-19-9-5-1-3-7-13-21-36-29-31-44-42(33-36)38-23-15-11-16-24-38)35-41(47)28-20-10-6-2-4-8-14-22-37-30-32-45-43(34-37)39-25-17-12-18-26-39;42-36(13-7-21-44-25-27-46-23-17-32-15-19-40-38(29-32)34-9-3-1-4-10-34)31-37(43)14-8-22-45-26-28-47-24-18-33-16-20-41-39(30-33)35-11-5-2-6-12-35;;;/h1-6,11,13,17-24,29-35,50H,7-10,15-16,25-28H2;11-12,15-18,23,25,29-35,46H,1-10,13-14,19-22,27-28H2;1-6,9,11,15-16,19-20,29-31,42H,7-8,13-14,17-18,21-28H2;;;/q3*-2;;;. The van der Waals surface area contributed by atoms with Gasteiger partial charge in [-0.3, -0.25) is 14.4 Å². The molecule has 0 aliphatic rings. The van der Waals surface area contributed by atoms with E-state index in [1.165, 1.54) is 127 Å². The fourth-order valence-corrected chi connectivity index (χ4v) is 17.0. The average Bonchev–Trinajstić information content (AvgIpc) is 0.886. The van der Waals surface area contributed by atoms with Gasteiger partial charge in [0.05, 0.1) is 56.9 Å². The van der Waals surface area contributed by atoms with Gasteiger partial charge in [-0.1, -0.05) is 183 Å². The number of aromatic nitrogens is 6. The zero-order valence-corrected chi connectivity index (χ0v) is 92.4. The van der Waals surface area contributed by atoms with Crippen molar-refractivity contribution in [1.29, 1.82) is 0 Å². The summed E-state index contributed by atoms with van der Waals surface area (Å²) in [4.78, 5) is 63.7. The molecule has 19 heteroatoms. The van der Waals surface area contributed by atoms with Gasteiger partial charge in [-0.15, -0.1) is 215 Å². The van der Waals surface area contributed by atoms with Crippen molar-refractivity contribution in [3.63, 3.8) is 0 Å². The second-order valence-electron chi connectivity index (χ2n) is 36.7. The molecule has 0 spiro atoms. The van der Waals surface area contributed by atoms with Crippen LogP contribution in [0.5, 0.6) is 0 Å². The third kappa shape index (κ3) is 48.1. The number of nitrogens with zero attached hydrogens (tertiary/aromatic N) is 6. The van der Waals surface area contributed by atoms with Crippen LogP contribution < -0.4 is 0 Å². The van der Waals surface area contributed by atoms with Crippen LogP contribution in [-0.2, 0) is 158 Å². The predicted octanol–water partition coefficient (Wildman–Crippen LogP) is 28.6. The predicted molar refractivity (Wildman–Crippen MR) is 582 cm³/mol. The number of ether oxygens (including phenoxy) is 4.